The maximum Gasteiger partial charge on any atom is 0.233 e. The molecular weight excluding hydrogens is 258 g/mol. The van der Waals surface area contributed by atoms with Crippen LogP contribution in [-0.2, 0) is 6.42 Å². The summed E-state index contributed by atoms with van der Waals surface area (Å²) in [5, 5.41) is 7.97. The Hall–Kier alpha value is -2.08. The normalized spacial score (nSPS) is 12.2. The van der Waals surface area contributed by atoms with E-state index in [1.165, 1.54) is 0 Å². The first kappa shape index (κ1) is 14.3. The Morgan fingerprint density at radius 2 is 1.95 bits per heavy atom. The molecule has 6 nitrogen and oxygen atoms in total. The fourth-order valence-electron chi connectivity index (χ4n) is 1.83. The molecule has 108 valence electrons. The van der Waals surface area contributed by atoms with Gasteiger partial charge in [-0.1, -0.05) is 13.0 Å². The zero-order valence-corrected chi connectivity index (χ0v) is 11.9. The van der Waals surface area contributed by atoms with Crippen molar-refractivity contribution in [3.63, 3.8) is 0 Å². The van der Waals surface area contributed by atoms with Gasteiger partial charge in [0.15, 0.2) is 11.5 Å². The fourth-order valence-corrected chi connectivity index (χ4v) is 1.83. The lowest BCUT2D eigenvalue weighted by Gasteiger charge is -2.08. The molecule has 2 rings (SSSR count). The van der Waals surface area contributed by atoms with Crippen molar-refractivity contribution in [2.24, 2.45) is 5.73 Å². The first-order valence-electron chi connectivity index (χ1n) is 6.46. The lowest BCUT2D eigenvalue weighted by molar-refractivity contribution is 0.354. The molecule has 1 atom stereocenters. The fraction of sp³-hybridized carbons (Fsp3) is 0.429. The molecule has 0 aliphatic rings. The Morgan fingerprint density at radius 1 is 1.20 bits per heavy atom. The summed E-state index contributed by atoms with van der Waals surface area (Å²) in [6, 6.07) is 5.47. The minimum absolute atomic E-state index is 0.207. The molecule has 2 N–H and O–H groups in total. The van der Waals surface area contributed by atoms with Crippen LogP contribution >= 0.6 is 0 Å². The first-order chi connectivity index (χ1) is 9.67. The molecule has 0 saturated carbocycles. The van der Waals surface area contributed by atoms with E-state index >= 15 is 0 Å². The minimum atomic E-state index is -0.207. The van der Waals surface area contributed by atoms with Crippen LogP contribution in [0.4, 0.5) is 0 Å². The average molecular weight is 277 g/mol. The van der Waals surface area contributed by atoms with E-state index in [9.17, 15) is 0 Å². The van der Waals surface area contributed by atoms with Gasteiger partial charge in [-0.15, -0.1) is 10.2 Å². The number of rotatable bonds is 6. The molecule has 20 heavy (non-hydrogen) atoms. The Kier molecular flexibility index (Phi) is 4.57. The molecule has 1 aromatic carbocycles. The molecule has 0 aliphatic heterocycles. The molecule has 0 amide bonds. The van der Waals surface area contributed by atoms with E-state index in [1.54, 1.807) is 14.2 Å². The average Bonchev–Trinajstić information content (AvgIpc) is 2.94. The van der Waals surface area contributed by atoms with E-state index in [-0.39, 0.29) is 6.04 Å². The number of benzene rings is 1. The van der Waals surface area contributed by atoms with Gasteiger partial charge in [0.1, 0.15) is 0 Å². The van der Waals surface area contributed by atoms with Gasteiger partial charge in [0.2, 0.25) is 11.8 Å². The summed E-state index contributed by atoms with van der Waals surface area (Å²) in [5.74, 6) is 2.38. The molecule has 1 heterocycles. The Balaban J connectivity index is 2.15. The molecular formula is C14H19N3O3. The second kappa shape index (κ2) is 6.38. The zero-order chi connectivity index (χ0) is 14.5. The van der Waals surface area contributed by atoms with Crippen molar-refractivity contribution >= 4 is 0 Å². The molecule has 0 bridgehead atoms. The third kappa shape index (κ3) is 3.08. The van der Waals surface area contributed by atoms with Gasteiger partial charge in [-0.2, -0.15) is 0 Å². The van der Waals surface area contributed by atoms with E-state index in [1.807, 2.05) is 25.1 Å². The number of aromatic nitrogens is 2. The van der Waals surface area contributed by atoms with E-state index in [2.05, 4.69) is 10.2 Å². The van der Waals surface area contributed by atoms with Crippen LogP contribution in [-0.4, -0.2) is 24.4 Å². The van der Waals surface area contributed by atoms with Crippen molar-refractivity contribution in [1.29, 1.82) is 0 Å². The largest absolute Gasteiger partial charge is 0.493 e. The maximum atomic E-state index is 5.85. The third-order valence-electron chi connectivity index (χ3n) is 3.04. The molecule has 1 aromatic heterocycles. The highest BCUT2D eigenvalue weighted by Gasteiger charge is 2.13. The summed E-state index contributed by atoms with van der Waals surface area (Å²) >= 11 is 0. The summed E-state index contributed by atoms with van der Waals surface area (Å²) in [5.41, 5.74) is 6.85. The quantitative estimate of drug-likeness (QED) is 0.870. The van der Waals surface area contributed by atoms with E-state index in [0.29, 0.717) is 29.7 Å². The number of hydrogen-bond donors (Lipinski definition) is 1. The highest BCUT2D eigenvalue weighted by Crippen LogP contribution is 2.28. The van der Waals surface area contributed by atoms with Gasteiger partial charge in [-0.3, -0.25) is 0 Å². The van der Waals surface area contributed by atoms with Gasteiger partial charge in [-0.05, 0) is 24.1 Å². The van der Waals surface area contributed by atoms with Gasteiger partial charge < -0.3 is 19.6 Å². The lowest BCUT2D eigenvalue weighted by atomic mass is 10.1. The first-order valence-corrected chi connectivity index (χ1v) is 6.46. The predicted octanol–water partition coefficient (Wildman–Crippen LogP) is 2.09. The number of nitrogens with zero attached hydrogens (tertiary/aromatic N) is 2. The van der Waals surface area contributed by atoms with Gasteiger partial charge in [-0.25, -0.2) is 0 Å². The van der Waals surface area contributed by atoms with Crippen molar-refractivity contribution in [3.05, 3.63) is 35.5 Å². The summed E-state index contributed by atoms with van der Waals surface area (Å²) < 4.78 is 16.0. The second-order valence-electron chi connectivity index (χ2n) is 4.41. The minimum Gasteiger partial charge on any atom is -0.493 e. The number of methoxy groups -OCH3 is 2. The Morgan fingerprint density at radius 3 is 2.60 bits per heavy atom. The molecule has 0 saturated heterocycles. The van der Waals surface area contributed by atoms with E-state index in [4.69, 9.17) is 19.6 Å². The van der Waals surface area contributed by atoms with E-state index < -0.39 is 0 Å². The standard InChI is InChI=1S/C14H19N3O3/c1-4-10(15)14-17-16-13(20-14)8-9-5-6-11(18-2)12(7-9)19-3/h5-7,10H,4,8,15H2,1-3H3. The van der Waals surface area contributed by atoms with Gasteiger partial charge >= 0.3 is 0 Å². The van der Waals surface area contributed by atoms with Crippen LogP contribution in [0, 0.1) is 0 Å². The Bertz CT molecular complexity index is 569. The topological polar surface area (TPSA) is 83.4 Å². The summed E-state index contributed by atoms with van der Waals surface area (Å²) in [4.78, 5) is 0. The van der Waals surface area contributed by atoms with Crippen molar-refractivity contribution in [2.75, 3.05) is 14.2 Å². The number of nitrogens with two attached hydrogens (primary N) is 1. The highest BCUT2D eigenvalue weighted by molar-refractivity contribution is 5.43. The lowest BCUT2D eigenvalue weighted by Crippen LogP contribution is -2.08. The summed E-state index contributed by atoms with van der Waals surface area (Å²) in [7, 11) is 3.21. The van der Waals surface area contributed by atoms with Crippen molar-refractivity contribution < 1.29 is 13.9 Å². The van der Waals surface area contributed by atoms with Gasteiger partial charge in [0, 0.05) is 0 Å². The molecule has 0 aliphatic carbocycles. The van der Waals surface area contributed by atoms with Crippen LogP contribution in [0.25, 0.3) is 0 Å². The zero-order valence-electron chi connectivity index (χ0n) is 11.9. The van der Waals surface area contributed by atoms with Gasteiger partial charge in [0.25, 0.3) is 0 Å². The molecule has 1 unspecified atom stereocenters. The van der Waals surface area contributed by atoms with Crippen molar-refractivity contribution in [1.82, 2.24) is 10.2 Å². The Labute approximate surface area is 117 Å². The van der Waals surface area contributed by atoms with E-state index in [0.717, 1.165) is 12.0 Å². The molecule has 6 heteroatoms. The van der Waals surface area contributed by atoms with Crippen LogP contribution in [0.2, 0.25) is 0 Å². The molecule has 2 aromatic rings. The van der Waals surface area contributed by atoms with Crippen LogP contribution in [0.5, 0.6) is 11.5 Å². The smallest absolute Gasteiger partial charge is 0.233 e. The third-order valence-corrected chi connectivity index (χ3v) is 3.04. The summed E-state index contributed by atoms with van der Waals surface area (Å²) in [6.45, 7) is 1.98. The molecule has 0 fully saturated rings. The van der Waals surface area contributed by atoms with Crippen LogP contribution in [0.15, 0.2) is 22.6 Å². The second-order valence-corrected chi connectivity index (χ2v) is 4.41. The summed E-state index contributed by atoms with van der Waals surface area (Å²) in [6.07, 6.45) is 1.29. The highest BCUT2D eigenvalue weighted by atomic mass is 16.5. The van der Waals surface area contributed by atoms with Crippen LogP contribution in [0.1, 0.15) is 36.7 Å². The predicted molar refractivity (Wildman–Crippen MR) is 73.9 cm³/mol. The monoisotopic (exact) mass is 277 g/mol. The van der Waals surface area contributed by atoms with Crippen molar-refractivity contribution in [3.8, 4) is 11.5 Å². The van der Waals surface area contributed by atoms with Crippen LogP contribution in [0.3, 0.4) is 0 Å². The van der Waals surface area contributed by atoms with Crippen molar-refractivity contribution in [2.45, 2.75) is 25.8 Å². The number of hydrogen-bond acceptors (Lipinski definition) is 6. The van der Waals surface area contributed by atoms with Crippen LogP contribution < -0.4 is 15.2 Å². The maximum absolute atomic E-state index is 5.85. The molecule has 0 radical (unpaired) electrons. The molecule has 0 spiro atoms. The number of ether oxygens (including phenoxy) is 2. The van der Waals surface area contributed by atoms with Gasteiger partial charge in [0.05, 0.1) is 26.7 Å². The SMILES string of the molecule is CCC(N)c1nnc(Cc2ccc(OC)c(OC)c2)o1.